The van der Waals surface area contributed by atoms with E-state index in [0.29, 0.717) is 25.6 Å². The Balaban J connectivity index is 1.09. The molecule has 1 N–H and O–H groups in total. The van der Waals surface area contributed by atoms with Crippen molar-refractivity contribution < 1.29 is 22.7 Å². The number of hydrogen-bond donors (Lipinski definition) is 1. The average Bonchev–Trinajstić information content (AvgIpc) is 3.60. The number of likely N-dealkylation sites (tertiary alicyclic amines) is 1. The molecule has 2 aliphatic heterocycles. The summed E-state index contributed by atoms with van der Waals surface area (Å²) in [5, 5.41) is 5.79. The van der Waals surface area contributed by atoms with Crippen LogP contribution < -0.4 is 9.46 Å². The lowest BCUT2D eigenvalue weighted by Gasteiger charge is -2.35. The summed E-state index contributed by atoms with van der Waals surface area (Å²) in [6.07, 6.45) is 12.1. The monoisotopic (exact) mass is 760 g/mol. The maximum Gasteiger partial charge on any atom is 0.303 e. The van der Waals surface area contributed by atoms with Gasteiger partial charge in [-0.2, -0.15) is 17.8 Å². The first kappa shape index (κ1) is 35.7. The Kier molecular flexibility index (Phi) is 8.88. The Bertz CT molecular complexity index is 2410. The highest BCUT2D eigenvalue weighted by atomic mass is 32.2. The predicted molar refractivity (Wildman–Crippen MR) is 212 cm³/mol. The van der Waals surface area contributed by atoms with Crippen molar-refractivity contribution in [2.75, 3.05) is 34.3 Å². The number of benzene rings is 3. The van der Waals surface area contributed by atoms with Gasteiger partial charge in [0, 0.05) is 73.4 Å². The van der Waals surface area contributed by atoms with Crippen LogP contribution in [0.25, 0.3) is 33.3 Å². The minimum absolute atomic E-state index is 0.0215. The maximum absolute atomic E-state index is 15.0. The molecule has 2 aliphatic carbocycles. The summed E-state index contributed by atoms with van der Waals surface area (Å²) in [6, 6.07) is 22.3. The summed E-state index contributed by atoms with van der Waals surface area (Å²) in [6.45, 7) is 1.79. The number of ether oxygens (including phenoxy) is 1. The van der Waals surface area contributed by atoms with Crippen LogP contribution >= 0.6 is 0 Å². The number of amides is 2. The van der Waals surface area contributed by atoms with Gasteiger partial charge in [-0.3, -0.25) is 14.3 Å². The number of piperidine rings is 1. The van der Waals surface area contributed by atoms with Gasteiger partial charge < -0.3 is 14.2 Å². The molecular weight excluding hydrogens is 713 g/mol. The minimum atomic E-state index is -3.99. The third-order valence-corrected chi connectivity index (χ3v) is 14.2. The first-order chi connectivity index (χ1) is 26.6. The summed E-state index contributed by atoms with van der Waals surface area (Å²) < 4.78 is 38.7. The van der Waals surface area contributed by atoms with Crippen LogP contribution in [0.1, 0.15) is 90.7 Å². The van der Waals surface area contributed by atoms with Crippen LogP contribution in [0.5, 0.6) is 5.75 Å². The third-order valence-electron chi connectivity index (χ3n) is 12.7. The molecule has 4 aliphatic rings. The topological polar surface area (TPSA) is 119 Å². The second-order valence-electron chi connectivity index (χ2n) is 16.1. The molecule has 2 atom stereocenters. The van der Waals surface area contributed by atoms with Gasteiger partial charge in [-0.05, 0) is 85.0 Å². The predicted octanol–water partition coefficient (Wildman–Crippen LogP) is 7.12. The zero-order valence-corrected chi connectivity index (χ0v) is 32.5. The lowest BCUT2D eigenvalue weighted by atomic mass is 9.81. The smallest absolute Gasteiger partial charge is 0.303 e. The Morgan fingerprint density at radius 2 is 1.69 bits per heavy atom. The molecule has 3 aromatic carbocycles. The number of fused-ring (bicyclic) bond motifs is 7. The van der Waals surface area contributed by atoms with Crippen LogP contribution in [0, 0.1) is 5.41 Å². The van der Waals surface area contributed by atoms with E-state index in [0.717, 1.165) is 93.9 Å². The summed E-state index contributed by atoms with van der Waals surface area (Å²) >= 11 is 0. The molecule has 11 nitrogen and oxygen atoms in total. The van der Waals surface area contributed by atoms with E-state index in [9.17, 15) is 13.2 Å². The molecule has 2 amide bonds. The van der Waals surface area contributed by atoms with Crippen LogP contribution in [-0.4, -0.2) is 78.1 Å². The Morgan fingerprint density at radius 1 is 0.927 bits per heavy atom. The molecule has 286 valence electrons. The Labute approximate surface area is 322 Å². The Hall–Kier alpha value is -4.94. The molecule has 4 heterocycles. The van der Waals surface area contributed by atoms with Gasteiger partial charge >= 0.3 is 10.2 Å². The summed E-state index contributed by atoms with van der Waals surface area (Å²) in [7, 11) is 0.470. The molecule has 5 aromatic rings. The van der Waals surface area contributed by atoms with E-state index in [4.69, 9.17) is 9.84 Å². The van der Waals surface area contributed by atoms with E-state index >= 15 is 4.79 Å². The van der Waals surface area contributed by atoms with Crippen molar-refractivity contribution in [3.8, 4) is 28.1 Å². The van der Waals surface area contributed by atoms with E-state index in [1.54, 1.807) is 13.2 Å². The van der Waals surface area contributed by atoms with Crippen LogP contribution in [0.4, 0.5) is 0 Å². The number of nitrogens with one attached hydrogen (secondary N) is 1. The average molecular weight is 761 g/mol. The second kappa shape index (κ2) is 13.7. The van der Waals surface area contributed by atoms with Crippen LogP contribution in [-0.2, 0) is 21.5 Å². The SMILES string of the molecule is COc1ccc2c(c1)C1CC1(C(=O)N1CCC(n3cc(-c4ccccc4)cn3)CC1)Cn1c-2c(C2CCCCC2)c2ccc(C(=O)NS(=O)(=O)N(C)C)cc21. The zero-order valence-electron chi connectivity index (χ0n) is 31.7. The van der Waals surface area contributed by atoms with Crippen molar-refractivity contribution in [3.63, 3.8) is 0 Å². The standard InChI is InChI=1S/C43H48N6O5S/c1-46(2)55(52,53)45-41(50)30-14-16-35-38(22-30)48-27-43(42(51)47-20-18-32(19-21-47)49-26-31(25-44-49)28-10-6-4-7-11-28)24-37(43)36-23-33(54-3)15-17-34(36)40(48)39(35)29-12-8-5-9-13-29/h4,6-7,10-11,14-17,22-23,25-26,29,32,37H,5,8-9,12-13,18-21,24,27H2,1-3H3,(H,45,50). The van der Waals surface area contributed by atoms with Crippen LogP contribution in [0.15, 0.2) is 79.1 Å². The molecule has 3 fully saturated rings. The fourth-order valence-corrected chi connectivity index (χ4v) is 10.2. The normalized spacial score (nSPS) is 21.5. The van der Waals surface area contributed by atoms with Crippen molar-refractivity contribution in [1.29, 1.82) is 0 Å². The summed E-state index contributed by atoms with van der Waals surface area (Å²) in [5.74, 6) is 0.617. The van der Waals surface area contributed by atoms with E-state index in [1.807, 2.05) is 42.6 Å². The van der Waals surface area contributed by atoms with Gasteiger partial charge in [-0.15, -0.1) is 0 Å². The lowest BCUT2D eigenvalue weighted by molar-refractivity contribution is -0.139. The molecule has 12 heteroatoms. The maximum atomic E-state index is 15.0. The van der Waals surface area contributed by atoms with Crippen molar-refractivity contribution in [2.45, 2.75) is 75.8 Å². The summed E-state index contributed by atoms with van der Waals surface area (Å²) in [4.78, 5) is 30.6. The van der Waals surface area contributed by atoms with E-state index in [2.05, 4.69) is 49.3 Å². The van der Waals surface area contributed by atoms with Crippen molar-refractivity contribution >= 4 is 32.9 Å². The number of aromatic nitrogens is 3. The molecule has 0 spiro atoms. The number of carbonyl (C=O) groups is 2. The fourth-order valence-electron chi connectivity index (χ4n) is 9.66. The highest BCUT2D eigenvalue weighted by Gasteiger charge is 2.64. The third kappa shape index (κ3) is 6.14. The number of carbonyl (C=O) groups excluding carboxylic acids is 2. The molecule has 2 saturated carbocycles. The van der Waals surface area contributed by atoms with Gasteiger partial charge in [-0.25, -0.2) is 4.72 Å². The first-order valence-electron chi connectivity index (χ1n) is 19.6. The van der Waals surface area contributed by atoms with Crippen molar-refractivity contribution in [2.24, 2.45) is 5.41 Å². The van der Waals surface area contributed by atoms with Crippen LogP contribution in [0.3, 0.4) is 0 Å². The van der Waals surface area contributed by atoms with Gasteiger partial charge in [-0.1, -0.05) is 55.7 Å². The van der Waals surface area contributed by atoms with Gasteiger partial charge in [0.15, 0.2) is 0 Å². The molecule has 9 rings (SSSR count). The van der Waals surface area contributed by atoms with Gasteiger partial charge in [0.2, 0.25) is 5.91 Å². The number of rotatable bonds is 8. The van der Waals surface area contributed by atoms with Gasteiger partial charge in [0.25, 0.3) is 5.91 Å². The first-order valence-corrected chi connectivity index (χ1v) is 21.0. The zero-order chi connectivity index (χ0) is 38.1. The molecule has 55 heavy (non-hydrogen) atoms. The highest BCUT2D eigenvalue weighted by Crippen LogP contribution is 2.66. The largest absolute Gasteiger partial charge is 0.497 e. The van der Waals surface area contributed by atoms with Crippen LogP contribution in [0.2, 0.25) is 0 Å². The van der Waals surface area contributed by atoms with E-state index < -0.39 is 21.5 Å². The fraction of sp³-hybridized carbons (Fsp3) is 0.419. The van der Waals surface area contributed by atoms with E-state index in [1.165, 1.54) is 26.1 Å². The molecule has 1 saturated heterocycles. The van der Waals surface area contributed by atoms with Crippen molar-refractivity contribution in [1.82, 2.24) is 28.3 Å². The lowest BCUT2D eigenvalue weighted by Crippen LogP contribution is -2.44. The number of methoxy groups -OCH3 is 1. The van der Waals surface area contributed by atoms with Gasteiger partial charge in [0.05, 0.1) is 30.5 Å². The van der Waals surface area contributed by atoms with Gasteiger partial charge in [0.1, 0.15) is 5.75 Å². The number of nitrogens with zero attached hydrogens (tertiary/aromatic N) is 5. The second-order valence-corrected chi connectivity index (χ2v) is 18.0. The molecule has 2 aromatic heterocycles. The van der Waals surface area contributed by atoms with E-state index in [-0.39, 0.29) is 23.4 Å². The molecular formula is C43H48N6O5S. The van der Waals surface area contributed by atoms with Crippen molar-refractivity contribution in [3.05, 3.63) is 95.8 Å². The Morgan fingerprint density at radius 3 is 2.42 bits per heavy atom. The molecule has 2 unspecified atom stereocenters. The summed E-state index contributed by atoms with van der Waals surface area (Å²) in [5.41, 5.74) is 7.33. The molecule has 0 radical (unpaired) electrons. The highest BCUT2D eigenvalue weighted by molar-refractivity contribution is 7.87. The quantitative estimate of drug-likeness (QED) is 0.180. The number of hydrogen-bond acceptors (Lipinski definition) is 6. The minimum Gasteiger partial charge on any atom is -0.497 e. The molecule has 0 bridgehead atoms.